The van der Waals surface area contributed by atoms with E-state index in [1.54, 1.807) is 0 Å². The predicted molar refractivity (Wildman–Crippen MR) is 39.5 cm³/mol. The average molecular weight is 212 g/mol. The Balaban J connectivity index is 3.72. The Labute approximate surface area is 57.6 Å². The summed E-state index contributed by atoms with van der Waals surface area (Å²) < 4.78 is 1.04. The predicted octanol–water partition coefficient (Wildman–Crippen LogP) is 1.71. The Hall–Kier alpha value is 0.430. The first kappa shape index (κ1) is 7.43. The molecule has 0 aliphatic rings. The van der Waals surface area contributed by atoms with Crippen LogP contribution >= 0.6 is 22.6 Å². The molecule has 0 unspecified atom stereocenters. The molecular weight excluding hydrogens is 203 g/mol. The molecule has 42 valence electrons. The summed E-state index contributed by atoms with van der Waals surface area (Å²) in [6.07, 6.45) is 0. The van der Waals surface area contributed by atoms with Crippen molar-refractivity contribution in [3.63, 3.8) is 0 Å². The molecule has 0 saturated carbocycles. The minimum absolute atomic E-state index is 0.183. The maximum Gasteiger partial charge on any atom is 0.0738 e. The summed E-state index contributed by atoms with van der Waals surface area (Å²) in [5.41, 5.74) is 1.20. The highest BCUT2D eigenvalue weighted by Gasteiger charge is 1.86. The van der Waals surface area contributed by atoms with Crippen molar-refractivity contribution < 1.29 is 5.11 Å². The largest absolute Gasteiger partial charge is 0.391 e. The van der Waals surface area contributed by atoms with E-state index >= 15 is 0 Å². The van der Waals surface area contributed by atoms with Gasteiger partial charge in [0.2, 0.25) is 0 Å². The lowest BCUT2D eigenvalue weighted by atomic mass is 10.3. The van der Waals surface area contributed by atoms with Gasteiger partial charge in [0.1, 0.15) is 0 Å². The lowest BCUT2D eigenvalue weighted by Gasteiger charge is -1.91. The highest BCUT2D eigenvalue weighted by Crippen LogP contribution is 2.09. The third-order valence-electron chi connectivity index (χ3n) is 0.681. The maximum absolute atomic E-state index is 8.44. The van der Waals surface area contributed by atoms with E-state index in [9.17, 15) is 0 Å². The van der Waals surface area contributed by atoms with Crippen molar-refractivity contribution in [1.29, 1.82) is 0 Å². The Bertz CT molecular complexity index is 82.1. The Morgan fingerprint density at radius 2 is 2.00 bits per heavy atom. The van der Waals surface area contributed by atoms with Crippen LogP contribution in [0, 0.1) is 0 Å². The van der Waals surface area contributed by atoms with Gasteiger partial charge >= 0.3 is 0 Å². The molecule has 0 aliphatic heterocycles. The zero-order valence-corrected chi connectivity index (χ0v) is 6.69. The van der Waals surface area contributed by atoms with Crippen LogP contribution in [-0.4, -0.2) is 11.7 Å². The van der Waals surface area contributed by atoms with E-state index in [4.69, 9.17) is 5.11 Å². The summed E-state index contributed by atoms with van der Waals surface area (Å²) in [6.45, 7) is 4.15. The van der Waals surface area contributed by atoms with Crippen molar-refractivity contribution in [2.75, 3.05) is 6.61 Å². The van der Waals surface area contributed by atoms with Gasteiger partial charge in [-0.1, -0.05) is 5.57 Å². The number of allylic oxidation sites excluding steroid dienone is 1. The Morgan fingerprint density at radius 3 is 2.00 bits per heavy atom. The maximum atomic E-state index is 8.44. The molecule has 2 heteroatoms. The van der Waals surface area contributed by atoms with E-state index in [0.29, 0.717) is 0 Å². The van der Waals surface area contributed by atoms with Crippen molar-refractivity contribution in [1.82, 2.24) is 0 Å². The molecule has 0 aromatic rings. The van der Waals surface area contributed by atoms with Gasteiger partial charge in [-0.3, -0.25) is 0 Å². The molecule has 0 saturated heterocycles. The molecule has 0 bridgehead atoms. The number of aliphatic hydroxyl groups excluding tert-OH is 1. The number of hydrogen-bond donors (Lipinski definition) is 1. The van der Waals surface area contributed by atoms with Crippen LogP contribution in [-0.2, 0) is 0 Å². The fraction of sp³-hybridized carbons (Fsp3) is 0.600. The van der Waals surface area contributed by atoms with Crippen LogP contribution in [0.3, 0.4) is 0 Å². The van der Waals surface area contributed by atoms with Crippen LogP contribution in [0.25, 0.3) is 0 Å². The molecule has 0 fully saturated rings. The van der Waals surface area contributed by atoms with E-state index < -0.39 is 0 Å². The van der Waals surface area contributed by atoms with E-state index in [1.807, 2.05) is 13.8 Å². The second-order valence-corrected chi connectivity index (χ2v) is 2.87. The number of halogens is 1. The van der Waals surface area contributed by atoms with Gasteiger partial charge in [0.05, 0.1) is 6.61 Å². The van der Waals surface area contributed by atoms with Gasteiger partial charge in [-0.05, 0) is 36.4 Å². The SMILES string of the molecule is CC(C)=C(I)CO. The van der Waals surface area contributed by atoms with Gasteiger partial charge in [-0.25, -0.2) is 0 Å². The minimum atomic E-state index is 0.183. The fourth-order valence-electron chi connectivity index (χ4n) is 0.158. The molecule has 0 aromatic heterocycles. The van der Waals surface area contributed by atoms with Gasteiger partial charge in [-0.15, -0.1) is 0 Å². The second kappa shape index (κ2) is 3.43. The third kappa shape index (κ3) is 3.05. The first-order valence-electron chi connectivity index (χ1n) is 2.11. The first-order valence-corrected chi connectivity index (χ1v) is 3.19. The highest BCUT2D eigenvalue weighted by molar-refractivity contribution is 14.1. The van der Waals surface area contributed by atoms with Gasteiger partial charge in [0, 0.05) is 3.58 Å². The van der Waals surface area contributed by atoms with Crippen molar-refractivity contribution in [3.8, 4) is 0 Å². The van der Waals surface area contributed by atoms with Crippen LogP contribution in [0.1, 0.15) is 13.8 Å². The molecule has 0 heterocycles. The van der Waals surface area contributed by atoms with Crippen molar-refractivity contribution >= 4 is 22.6 Å². The fourth-order valence-corrected chi connectivity index (χ4v) is 0.158. The van der Waals surface area contributed by atoms with Crippen molar-refractivity contribution in [2.24, 2.45) is 0 Å². The van der Waals surface area contributed by atoms with Crippen LogP contribution in [0.2, 0.25) is 0 Å². The van der Waals surface area contributed by atoms with E-state index in [1.165, 1.54) is 5.57 Å². The molecular formula is C5H9IO. The van der Waals surface area contributed by atoms with E-state index in [-0.39, 0.29) is 6.61 Å². The Kier molecular flexibility index (Phi) is 3.65. The average Bonchev–Trinajstić information content (AvgIpc) is 1.65. The zero-order valence-electron chi connectivity index (χ0n) is 4.53. The smallest absolute Gasteiger partial charge is 0.0738 e. The highest BCUT2D eigenvalue weighted by atomic mass is 127. The molecule has 0 aromatic carbocycles. The van der Waals surface area contributed by atoms with Crippen molar-refractivity contribution in [2.45, 2.75) is 13.8 Å². The second-order valence-electron chi connectivity index (χ2n) is 1.56. The lowest BCUT2D eigenvalue weighted by molar-refractivity contribution is 0.340. The van der Waals surface area contributed by atoms with Gasteiger partial charge < -0.3 is 5.11 Å². The van der Waals surface area contributed by atoms with E-state index in [2.05, 4.69) is 22.6 Å². The van der Waals surface area contributed by atoms with Crippen LogP contribution in [0.4, 0.5) is 0 Å². The van der Waals surface area contributed by atoms with Crippen LogP contribution in [0.5, 0.6) is 0 Å². The van der Waals surface area contributed by atoms with Gasteiger partial charge in [-0.2, -0.15) is 0 Å². The molecule has 0 atom stereocenters. The molecule has 1 nitrogen and oxygen atoms in total. The quantitative estimate of drug-likeness (QED) is 0.656. The number of rotatable bonds is 1. The molecule has 1 N–H and O–H groups in total. The van der Waals surface area contributed by atoms with Gasteiger partial charge in [0.15, 0.2) is 0 Å². The standard InChI is InChI=1S/C5H9IO/c1-4(2)5(6)3-7/h7H,3H2,1-2H3. The third-order valence-corrected chi connectivity index (χ3v) is 2.10. The summed E-state index contributed by atoms with van der Waals surface area (Å²) in [7, 11) is 0. The normalized spacial score (nSPS) is 8.57. The number of aliphatic hydroxyl groups is 1. The first-order chi connectivity index (χ1) is 3.18. The molecule has 0 aliphatic carbocycles. The summed E-state index contributed by atoms with van der Waals surface area (Å²) in [6, 6.07) is 0. The summed E-state index contributed by atoms with van der Waals surface area (Å²) in [4.78, 5) is 0. The van der Waals surface area contributed by atoms with Crippen LogP contribution in [0.15, 0.2) is 9.15 Å². The molecule has 0 rings (SSSR count). The zero-order chi connectivity index (χ0) is 5.86. The van der Waals surface area contributed by atoms with Crippen molar-refractivity contribution in [3.05, 3.63) is 9.15 Å². The van der Waals surface area contributed by atoms with Gasteiger partial charge in [0.25, 0.3) is 0 Å². The van der Waals surface area contributed by atoms with Crippen LogP contribution < -0.4 is 0 Å². The Morgan fingerprint density at radius 1 is 1.57 bits per heavy atom. The molecule has 0 amide bonds. The van der Waals surface area contributed by atoms with E-state index in [0.717, 1.165) is 3.58 Å². The summed E-state index contributed by atoms with van der Waals surface area (Å²) >= 11 is 2.13. The monoisotopic (exact) mass is 212 g/mol. The summed E-state index contributed by atoms with van der Waals surface area (Å²) in [5.74, 6) is 0. The lowest BCUT2D eigenvalue weighted by Crippen LogP contribution is -1.81. The number of hydrogen-bond acceptors (Lipinski definition) is 1. The summed E-state index contributed by atoms with van der Waals surface area (Å²) in [5, 5.41) is 8.44. The molecule has 0 radical (unpaired) electrons. The minimum Gasteiger partial charge on any atom is -0.391 e. The molecule has 7 heavy (non-hydrogen) atoms. The molecule has 0 spiro atoms. The topological polar surface area (TPSA) is 20.2 Å².